The molecule has 1 aliphatic carbocycles. The van der Waals surface area contributed by atoms with E-state index >= 15 is 0 Å². The van der Waals surface area contributed by atoms with Crippen LogP contribution < -0.4 is 15.3 Å². The Morgan fingerprint density at radius 1 is 0.762 bits per heavy atom. The summed E-state index contributed by atoms with van der Waals surface area (Å²) in [7, 11) is -1.95. The molecule has 0 saturated carbocycles. The summed E-state index contributed by atoms with van der Waals surface area (Å²) in [6.07, 6.45) is 6.83. The van der Waals surface area contributed by atoms with Gasteiger partial charge in [0.25, 0.3) is 0 Å². The van der Waals surface area contributed by atoms with Gasteiger partial charge < -0.3 is 0 Å². The topological polar surface area (TPSA) is 37.4 Å². The van der Waals surface area contributed by atoms with E-state index in [0.29, 0.717) is 16.7 Å². The summed E-state index contributed by atoms with van der Waals surface area (Å²) >= 11 is 0.204. The molecule has 3 aromatic carbocycles. The minimum absolute atomic E-state index is 0.0371. The van der Waals surface area contributed by atoms with Crippen molar-refractivity contribution in [2.45, 2.75) is 51.6 Å². The third kappa shape index (κ3) is 4.44. The van der Waals surface area contributed by atoms with Gasteiger partial charge in [-0.15, -0.1) is 0 Å². The Kier molecular flexibility index (Phi) is 7.46. The van der Waals surface area contributed by atoms with Crippen LogP contribution in [0.2, 0.25) is 12.1 Å². The summed E-state index contributed by atoms with van der Waals surface area (Å²) in [5, 5.41) is 4.22. The molecule has 3 heterocycles. The fourth-order valence-corrected chi connectivity index (χ4v) is 16.4. The predicted octanol–water partition coefficient (Wildman–Crippen LogP) is 7.36. The van der Waals surface area contributed by atoms with Crippen LogP contribution in [0.1, 0.15) is 64.7 Å². The fourth-order valence-electron chi connectivity index (χ4n) is 6.87. The van der Waals surface area contributed by atoms with E-state index in [-0.39, 0.29) is 40.6 Å². The number of carbonyl (C=O) groups excluding carboxylic acids is 2. The Bertz CT molecular complexity index is 1770. The average Bonchev–Trinajstić information content (AvgIpc) is 3.74. The van der Waals surface area contributed by atoms with Gasteiger partial charge in [-0.25, -0.2) is 0 Å². The van der Waals surface area contributed by atoms with Gasteiger partial charge in [0.15, 0.2) is 0 Å². The molecule has 6 heteroatoms. The molecular weight excluding hydrogens is 664 g/mol. The van der Waals surface area contributed by atoms with Crippen molar-refractivity contribution in [1.29, 1.82) is 0 Å². The number of rotatable bonds is 8. The van der Waals surface area contributed by atoms with Crippen molar-refractivity contribution >= 4 is 90.7 Å². The van der Waals surface area contributed by atoms with E-state index in [0.717, 1.165) is 9.82 Å². The van der Waals surface area contributed by atoms with Gasteiger partial charge in [0, 0.05) is 0 Å². The van der Waals surface area contributed by atoms with Gasteiger partial charge in [0.05, 0.1) is 0 Å². The molecule has 7 rings (SSSR count). The first-order valence-electron chi connectivity index (χ1n) is 15.0. The number of anilines is 3. The molecule has 0 amide bonds. The number of fused-ring (bicyclic) bond motifs is 4. The molecule has 0 bridgehead atoms. The Balaban J connectivity index is 1.31. The first-order valence-corrected chi connectivity index (χ1v) is 20.9. The maximum absolute atomic E-state index is 13.4. The summed E-state index contributed by atoms with van der Waals surface area (Å²) in [6, 6.07) is 31.1. The number of ketones is 2. The molecule has 3 nitrogen and oxygen atoms in total. The van der Waals surface area contributed by atoms with Crippen LogP contribution in [-0.4, -0.2) is 48.6 Å². The number of carbonyl (C=O) groups is 2. The van der Waals surface area contributed by atoms with E-state index in [9.17, 15) is 9.59 Å². The number of Topliss-reactive ketones (excluding diaryl/α,β-unsaturated/α-hetero) is 2. The van der Waals surface area contributed by atoms with Crippen LogP contribution in [0.15, 0.2) is 89.4 Å². The maximum atomic E-state index is 13.4. The molecule has 0 saturated heterocycles. The van der Waals surface area contributed by atoms with E-state index in [1.54, 1.807) is 10.4 Å². The molecule has 0 unspecified atom stereocenters. The molecule has 210 valence electrons. The fraction of sp³-hybridized carbons (Fsp3) is 0.222. The van der Waals surface area contributed by atoms with Gasteiger partial charge in [0.1, 0.15) is 0 Å². The second kappa shape index (κ2) is 11.3. The average molecular weight is 698 g/mol. The quantitative estimate of drug-likeness (QED) is 0.0967. The number of hydrogen-bond acceptors (Lipinski definition) is 3. The summed E-state index contributed by atoms with van der Waals surface area (Å²) in [4.78, 5) is 31.4. The first-order chi connectivity index (χ1) is 20.6. The summed E-state index contributed by atoms with van der Waals surface area (Å²) in [6.45, 7) is 4.62. The van der Waals surface area contributed by atoms with E-state index in [1.165, 1.54) is 58.0 Å². The molecule has 0 radical (unpaired) electrons. The van der Waals surface area contributed by atoms with Crippen LogP contribution in [0.4, 0.5) is 15.9 Å². The zero-order chi connectivity index (χ0) is 28.8. The molecule has 5 aromatic rings. The Morgan fingerprint density at radius 3 is 2.02 bits per heavy atom. The molecule has 1 aliphatic heterocycles. The second-order valence-electron chi connectivity index (χ2n) is 11.4. The Morgan fingerprint density at radius 2 is 1.38 bits per heavy atom. The van der Waals surface area contributed by atoms with E-state index in [4.69, 9.17) is 0 Å². The first kappa shape index (κ1) is 27.8. The van der Waals surface area contributed by atoms with Crippen molar-refractivity contribution in [2.75, 3.05) is 4.90 Å². The van der Waals surface area contributed by atoms with Crippen LogP contribution >= 0.6 is 0 Å². The molecule has 42 heavy (non-hydrogen) atoms. The number of nitrogens with zero attached hydrogens (tertiary/aromatic N) is 1. The summed E-state index contributed by atoms with van der Waals surface area (Å²) in [5.41, 5.74) is 4.11. The van der Waals surface area contributed by atoms with Crippen molar-refractivity contribution in [3.8, 4) is 0 Å². The van der Waals surface area contributed by atoms with Gasteiger partial charge in [-0.05, 0) is 0 Å². The predicted molar refractivity (Wildman–Crippen MR) is 180 cm³/mol. The number of benzene rings is 3. The van der Waals surface area contributed by atoms with Crippen molar-refractivity contribution in [1.82, 2.24) is 0 Å². The van der Waals surface area contributed by atoms with Gasteiger partial charge in [-0.1, -0.05) is 0 Å². The second-order valence-corrected chi connectivity index (χ2v) is 19.9. The molecule has 0 spiro atoms. The van der Waals surface area contributed by atoms with Crippen molar-refractivity contribution in [3.05, 3.63) is 105 Å². The molecule has 0 atom stereocenters. The van der Waals surface area contributed by atoms with Gasteiger partial charge in [-0.2, -0.15) is 0 Å². The summed E-state index contributed by atoms with van der Waals surface area (Å²) in [5.74, 6) is -0.256. The normalized spacial score (nSPS) is 16.2. The monoisotopic (exact) mass is 699 g/mol. The van der Waals surface area contributed by atoms with Gasteiger partial charge >= 0.3 is 262 Å². The summed E-state index contributed by atoms with van der Waals surface area (Å²) < 4.78 is 3.52. The Labute approximate surface area is 260 Å². The van der Waals surface area contributed by atoms with Crippen LogP contribution in [0.3, 0.4) is 0 Å². The van der Waals surface area contributed by atoms with Crippen LogP contribution in [0.25, 0.3) is 15.7 Å². The zero-order valence-electron chi connectivity index (χ0n) is 24.0. The molecule has 0 fully saturated rings. The number of para-hydroxylation sites is 2. The molecule has 2 aliphatic rings. The molecule has 2 aromatic heterocycles. The third-order valence-electron chi connectivity index (χ3n) is 8.93. The zero-order valence-corrected chi connectivity index (χ0v) is 28.4. The molecule has 0 N–H and O–H groups in total. The van der Waals surface area contributed by atoms with Crippen LogP contribution in [-0.2, 0) is 0 Å². The SMILES string of the molecule is CCCC[Si]1(CCCC)c2ccccc2N(c2ccc(/C=C3\C(=O)c4cc5cc[se]c5cc4C3=O)[se]2)c2ccccc21. The number of unbranched alkanes of at least 4 members (excludes halogenated alkanes) is 2. The van der Waals surface area contributed by atoms with Gasteiger partial charge in [-0.3, -0.25) is 0 Å². The number of hydrogen-bond donors (Lipinski definition) is 0. The minimum atomic E-state index is -1.95. The molecular formula is C36H33NO2Se2Si. The van der Waals surface area contributed by atoms with E-state index in [1.807, 2.05) is 18.2 Å². The van der Waals surface area contributed by atoms with Crippen LogP contribution in [0, 0.1) is 0 Å². The van der Waals surface area contributed by atoms with Gasteiger partial charge in [0.2, 0.25) is 0 Å². The number of allylic oxidation sites excluding steroid dienone is 1. The van der Waals surface area contributed by atoms with Crippen molar-refractivity contribution in [3.63, 3.8) is 0 Å². The third-order valence-corrected chi connectivity index (χ3v) is 18.2. The standard InChI is InChI=1S/C36H33NO2Se2Si/c1-3-5-19-42(20-6-4-2)32-13-9-7-11-29(32)37(30-12-8-10-14-33(30)42)34-16-15-25(41-34)22-28-35(38)26-21-24-17-18-40-31(24)23-27(26)36(28)39/h7-18,21-23H,3-6,19-20H2,1-2H3/b28-22+. The van der Waals surface area contributed by atoms with Crippen molar-refractivity contribution < 1.29 is 9.59 Å². The van der Waals surface area contributed by atoms with Crippen molar-refractivity contribution in [2.24, 2.45) is 0 Å². The van der Waals surface area contributed by atoms with Crippen LogP contribution in [0.5, 0.6) is 0 Å². The van der Waals surface area contributed by atoms with E-state index < -0.39 is 8.07 Å². The van der Waals surface area contributed by atoms with E-state index in [2.05, 4.69) is 90.4 Å². The Hall–Kier alpha value is -2.98.